The van der Waals surface area contributed by atoms with Crippen molar-refractivity contribution in [2.75, 3.05) is 0 Å². The van der Waals surface area contributed by atoms with Crippen molar-refractivity contribution >= 4 is 15.9 Å². The fourth-order valence-electron chi connectivity index (χ4n) is 2.09. The average Bonchev–Trinajstić information content (AvgIpc) is 2.40. The maximum Gasteiger partial charge on any atom is 0.416 e. The number of rotatable bonds is 2. The van der Waals surface area contributed by atoms with E-state index in [2.05, 4.69) is 15.9 Å². The maximum atomic E-state index is 12.8. The van der Waals surface area contributed by atoms with Gasteiger partial charge in [-0.05, 0) is 36.6 Å². The molecule has 4 heteroatoms. The first-order chi connectivity index (χ1) is 9.29. The van der Waals surface area contributed by atoms with Gasteiger partial charge >= 0.3 is 6.18 Å². The lowest BCUT2D eigenvalue weighted by Gasteiger charge is -2.16. The molecule has 0 aromatic heterocycles. The zero-order valence-electron chi connectivity index (χ0n) is 11.1. The predicted molar refractivity (Wildman–Crippen MR) is 78.1 cm³/mol. The number of alkyl halides is 4. The molecular formula is C16H14BrF3. The third kappa shape index (κ3) is 3.23. The minimum atomic E-state index is -4.32. The van der Waals surface area contributed by atoms with Gasteiger partial charge in [-0.1, -0.05) is 57.9 Å². The molecule has 0 aliphatic heterocycles. The Morgan fingerprint density at radius 2 is 1.70 bits per heavy atom. The van der Waals surface area contributed by atoms with Crippen LogP contribution in [0.1, 0.15) is 32.6 Å². The largest absolute Gasteiger partial charge is 0.416 e. The molecule has 0 fully saturated rings. The molecule has 20 heavy (non-hydrogen) atoms. The molecule has 0 N–H and O–H groups in total. The van der Waals surface area contributed by atoms with E-state index < -0.39 is 11.7 Å². The molecule has 0 heterocycles. The Morgan fingerprint density at radius 1 is 1.00 bits per heavy atom. The van der Waals surface area contributed by atoms with Crippen LogP contribution in [-0.4, -0.2) is 0 Å². The Hall–Kier alpha value is -1.29. The first kappa shape index (κ1) is 15.1. The highest BCUT2D eigenvalue weighted by atomic mass is 79.9. The summed E-state index contributed by atoms with van der Waals surface area (Å²) in [6.45, 7) is 3.92. The zero-order chi connectivity index (χ0) is 14.9. The monoisotopic (exact) mass is 342 g/mol. The maximum absolute atomic E-state index is 12.8. The van der Waals surface area contributed by atoms with Crippen LogP contribution in [0.5, 0.6) is 0 Å². The van der Waals surface area contributed by atoms with Crippen LogP contribution in [0, 0.1) is 13.8 Å². The van der Waals surface area contributed by atoms with E-state index in [1.54, 1.807) is 6.07 Å². The average molecular weight is 343 g/mol. The smallest absolute Gasteiger partial charge is 0.166 e. The van der Waals surface area contributed by atoms with Crippen LogP contribution in [0.15, 0.2) is 42.5 Å². The highest BCUT2D eigenvalue weighted by molar-refractivity contribution is 9.09. The van der Waals surface area contributed by atoms with E-state index in [4.69, 9.17) is 0 Å². The van der Waals surface area contributed by atoms with E-state index in [1.165, 1.54) is 12.1 Å². The molecule has 106 valence electrons. The molecular weight excluding hydrogens is 329 g/mol. The number of benzene rings is 2. The molecule has 1 unspecified atom stereocenters. The Morgan fingerprint density at radius 3 is 2.35 bits per heavy atom. The summed E-state index contributed by atoms with van der Waals surface area (Å²) >= 11 is 3.51. The van der Waals surface area contributed by atoms with Crippen LogP contribution in [0.4, 0.5) is 13.2 Å². The fraction of sp³-hybridized carbons (Fsp3) is 0.250. The van der Waals surface area contributed by atoms with Crippen LogP contribution in [0.2, 0.25) is 0 Å². The minimum Gasteiger partial charge on any atom is -0.166 e. The van der Waals surface area contributed by atoms with Crippen LogP contribution in [0.3, 0.4) is 0 Å². The van der Waals surface area contributed by atoms with Gasteiger partial charge in [0.15, 0.2) is 0 Å². The van der Waals surface area contributed by atoms with Crippen molar-refractivity contribution in [2.24, 2.45) is 0 Å². The second kappa shape index (κ2) is 5.60. The molecule has 1 atom stereocenters. The second-order valence-electron chi connectivity index (χ2n) is 4.85. The van der Waals surface area contributed by atoms with Crippen molar-refractivity contribution in [3.05, 3.63) is 70.3 Å². The van der Waals surface area contributed by atoms with E-state index in [-0.39, 0.29) is 4.83 Å². The van der Waals surface area contributed by atoms with Gasteiger partial charge in [-0.25, -0.2) is 0 Å². The zero-order valence-corrected chi connectivity index (χ0v) is 12.7. The highest BCUT2D eigenvalue weighted by Crippen LogP contribution is 2.36. The number of hydrogen-bond donors (Lipinski definition) is 0. The van der Waals surface area contributed by atoms with Crippen LogP contribution >= 0.6 is 15.9 Å². The minimum absolute atomic E-state index is 0.246. The summed E-state index contributed by atoms with van der Waals surface area (Å²) in [5.41, 5.74) is 3.11. The van der Waals surface area contributed by atoms with Crippen molar-refractivity contribution in [1.29, 1.82) is 0 Å². The summed E-state index contributed by atoms with van der Waals surface area (Å²) in [5, 5.41) is 0. The van der Waals surface area contributed by atoms with Crippen molar-refractivity contribution in [1.82, 2.24) is 0 Å². The quantitative estimate of drug-likeness (QED) is 0.604. The van der Waals surface area contributed by atoms with Gasteiger partial charge in [0.1, 0.15) is 0 Å². The Balaban J connectivity index is 2.43. The van der Waals surface area contributed by atoms with E-state index >= 15 is 0 Å². The van der Waals surface area contributed by atoms with Crippen molar-refractivity contribution < 1.29 is 13.2 Å². The van der Waals surface area contributed by atoms with Gasteiger partial charge in [-0.2, -0.15) is 13.2 Å². The van der Waals surface area contributed by atoms with E-state index in [0.717, 1.165) is 22.8 Å². The molecule has 0 aliphatic rings. The summed E-state index contributed by atoms with van der Waals surface area (Å²) in [5.74, 6) is 0. The summed E-state index contributed by atoms with van der Waals surface area (Å²) in [6, 6.07) is 11.4. The number of aryl methyl sites for hydroxylation is 2. The third-order valence-electron chi connectivity index (χ3n) is 3.21. The normalized spacial score (nSPS) is 13.3. The first-order valence-corrected chi connectivity index (χ1v) is 7.09. The second-order valence-corrected chi connectivity index (χ2v) is 5.76. The summed E-state index contributed by atoms with van der Waals surface area (Å²) in [7, 11) is 0. The SMILES string of the molecule is Cc1ccc(C)c(C(Br)c2cccc(C(F)(F)F)c2)c1. The van der Waals surface area contributed by atoms with Crippen LogP contribution < -0.4 is 0 Å². The fourth-order valence-corrected chi connectivity index (χ4v) is 2.86. The number of hydrogen-bond acceptors (Lipinski definition) is 0. The summed E-state index contributed by atoms with van der Waals surface area (Å²) in [6.07, 6.45) is -4.32. The lowest BCUT2D eigenvalue weighted by Crippen LogP contribution is -2.06. The molecule has 0 aliphatic carbocycles. The van der Waals surface area contributed by atoms with Gasteiger partial charge in [0.2, 0.25) is 0 Å². The van der Waals surface area contributed by atoms with Gasteiger partial charge in [0.25, 0.3) is 0 Å². The Kier molecular flexibility index (Phi) is 4.23. The van der Waals surface area contributed by atoms with E-state index in [9.17, 15) is 13.2 Å². The van der Waals surface area contributed by atoms with Gasteiger partial charge in [0.05, 0.1) is 10.4 Å². The summed E-state index contributed by atoms with van der Waals surface area (Å²) < 4.78 is 38.3. The molecule has 0 spiro atoms. The molecule has 0 bridgehead atoms. The lowest BCUT2D eigenvalue weighted by atomic mass is 9.97. The molecule has 2 aromatic rings. The number of halogens is 4. The summed E-state index contributed by atoms with van der Waals surface area (Å²) in [4.78, 5) is -0.246. The van der Waals surface area contributed by atoms with E-state index in [0.29, 0.717) is 5.56 Å². The van der Waals surface area contributed by atoms with Gasteiger partial charge in [-0.3, -0.25) is 0 Å². The molecule has 0 saturated heterocycles. The van der Waals surface area contributed by atoms with Crippen molar-refractivity contribution in [3.63, 3.8) is 0 Å². The molecule has 2 aromatic carbocycles. The molecule has 0 radical (unpaired) electrons. The van der Waals surface area contributed by atoms with Crippen LogP contribution in [0.25, 0.3) is 0 Å². The first-order valence-electron chi connectivity index (χ1n) is 6.17. The molecule has 2 rings (SSSR count). The van der Waals surface area contributed by atoms with Gasteiger partial charge in [-0.15, -0.1) is 0 Å². The predicted octanol–water partition coefficient (Wildman–Crippen LogP) is 5.81. The molecule has 0 nitrogen and oxygen atoms in total. The van der Waals surface area contributed by atoms with Gasteiger partial charge in [0, 0.05) is 0 Å². The third-order valence-corrected chi connectivity index (χ3v) is 4.24. The Bertz CT molecular complexity index is 617. The molecule has 0 amide bonds. The van der Waals surface area contributed by atoms with E-state index in [1.807, 2.05) is 32.0 Å². The topological polar surface area (TPSA) is 0 Å². The van der Waals surface area contributed by atoms with Gasteiger partial charge < -0.3 is 0 Å². The highest BCUT2D eigenvalue weighted by Gasteiger charge is 2.31. The van der Waals surface area contributed by atoms with Crippen molar-refractivity contribution in [2.45, 2.75) is 24.9 Å². The van der Waals surface area contributed by atoms with Crippen molar-refractivity contribution in [3.8, 4) is 0 Å². The Labute approximate surface area is 124 Å². The van der Waals surface area contributed by atoms with Crippen LogP contribution in [-0.2, 0) is 6.18 Å². The lowest BCUT2D eigenvalue weighted by molar-refractivity contribution is -0.137. The molecule has 0 saturated carbocycles. The standard InChI is InChI=1S/C16H14BrF3/c1-10-6-7-11(2)14(8-10)15(17)12-4-3-5-13(9-12)16(18,19)20/h3-9,15H,1-2H3.